The molecule has 7 heteroatoms. The first kappa shape index (κ1) is 15.3. The molecule has 1 aromatic rings. The Hall–Kier alpha value is -0.110. The number of halogens is 3. The van der Waals surface area contributed by atoms with Gasteiger partial charge in [-0.05, 0) is 38.1 Å². The molecular formula is C12H14Cl2IN3O. The minimum absolute atomic E-state index is 0.0580. The first-order valence-corrected chi connectivity index (χ1v) is 8.06. The topological polar surface area (TPSA) is 45.2 Å². The van der Waals surface area contributed by atoms with Gasteiger partial charge in [-0.25, -0.2) is 4.98 Å². The lowest BCUT2D eigenvalue weighted by Crippen LogP contribution is -2.31. The van der Waals surface area contributed by atoms with Crippen molar-refractivity contribution in [2.45, 2.75) is 23.3 Å². The average Bonchev–Trinajstić information content (AvgIpc) is 2.86. The predicted octanol–water partition coefficient (Wildman–Crippen LogP) is 3.57. The van der Waals surface area contributed by atoms with Gasteiger partial charge < -0.3 is 5.32 Å². The summed E-state index contributed by atoms with van der Waals surface area (Å²) in [5.74, 6) is -0.0580. The van der Waals surface area contributed by atoms with Crippen molar-refractivity contribution < 1.29 is 4.79 Å². The van der Waals surface area contributed by atoms with Gasteiger partial charge in [-0.15, -0.1) is 0 Å². The normalized spacial score (nSPS) is 17.4. The molecule has 0 bridgehead atoms. The maximum Gasteiger partial charge on any atom is 0.226 e. The van der Waals surface area contributed by atoms with Gasteiger partial charge in [0.1, 0.15) is 5.15 Å². The summed E-state index contributed by atoms with van der Waals surface area (Å²) in [6.07, 6.45) is 2.88. The second-order valence-electron chi connectivity index (χ2n) is 4.40. The van der Waals surface area contributed by atoms with Gasteiger partial charge in [-0.3, -0.25) is 9.69 Å². The summed E-state index contributed by atoms with van der Waals surface area (Å²) >= 11 is 13.9. The van der Waals surface area contributed by atoms with Crippen LogP contribution in [0.3, 0.4) is 0 Å². The predicted molar refractivity (Wildman–Crippen MR) is 86.1 cm³/mol. The lowest BCUT2D eigenvalue weighted by atomic mass is 10.3. The molecule has 1 aromatic heterocycles. The number of likely N-dealkylation sites (tertiary alicyclic amines) is 1. The Morgan fingerprint density at radius 1 is 1.42 bits per heavy atom. The Morgan fingerprint density at radius 3 is 2.74 bits per heavy atom. The zero-order valence-electron chi connectivity index (χ0n) is 10.2. The average molecular weight is 414 g/mol. The fraction of sp³-hybridized carbons (Fsp3) is 0.500. The second-order valence-corrected chi connectivity index (χ2v) is 6.59. The monoisotopic (exact) mass is 413 g/mol. The molecule has 1 fully saturated rings. The fourth-order valence-electron chi connectivity index (χ4n) is 2.01. The number of nitrogens with one attached hydrogen (secondary N) is 1. The Labute approximate surface area is 136 Å². The number of nitrogens with zero attached hydrogens (tertiary/aromatic N) is 2. The van der Waals surface area contributed by atoms with Gasteiger partial charge >= 0.3 is 0 Å². The Balaban J connectivity index is 1.89. The molecule has 1 saturated heterocycles. The third kappa shape index (κ3) is 4.44. The van der Waals surface area contributed by atoms with E-state index in [1.165, 1.54) is 12.8 Å². The van der Waals surface area contributed by atoms with Crippen molar-refractivity contribution in [2.24, 2.45) is 0 Å². The fourth-order valence-corrected chi connectivity index (χ4v) is 3.36. The minimum Gasteiger partial charge on any atom is -0.323 e. The summed E-state index contributed by atoms with van der Waals surface area (Å²) in [7, 11) is 0. The Morgan fingerprint density at radius 2 is 2.11 bits per heavy atom. The van der Waals surface area contributed by atoms with E-state index in [1.807, 2.05) is 0 Å². The molecule has 1 atom stereocenters. The number of rotatable bonds is 4. The SMILES string of the molecule is O=C(CC(I)N1CCCC1)Nc1ccc(Cl)nc1Cl. The third-order valence-electron chi connectivity index (χ3n) is 2.98. The molecule has 19 heavy (non-hydrogen) atoms. The number of carbonyl (C=O) groups excluding carboxylic acids is 1. The van der Waals surface area contributed by atoms with Crippen LogP contribution < -0.4 is 5.32 Å². The lowest BCUT2D eigenvalue weighted by Gasteiger charge is -2.21. The smallest absolute Gasteiger partial charge is 0.226 e. The highest BCUT2D eigenvalue weighted by Gasteiger charge is 2.22. The summed E-state index contributed by atoms with van der Waals surface area (Å²) in [6, 6.07) is 3.26. The van der Waals surface area contributed by atoms with E-state index in [2.05, 4.69) is 37.8 Å². The quantitative estimate of drug-likeness (QED) is 0.355. The molecule has 0 radical (unpaired) electrons. The molecule has 1 unspecified atom stereocenters. The molecule has 0 aromatic carbocycles. The van der Waals surface area contributed by atoms with Gasteiger partial charge in [0.05, 0.1) is 16.2 Å². The van der Waals surface area contributed by atoms with Crippen LogP contribution in [-0.2, 0) is 4.79 Å². The van der Waals surface area contributed by atoms with Gasteiger partial charge in [0, 0.05) is 0 Å². The maximum absolute atomic E-state index is 12.0. The molecule has 1 aliphatic heterocycles. The van der Waals surface area contributed by atoms with E-state index in [1.54, 1.807) is 12.1 Å². The van der Waals surface area contributed by atoms with Crippen molar-refractivity contribution in [1.29, 1.82) is 0 Å². The first-order chi connectivity index (χ1) is 9.06. The van der Waals surface area contributed by atoms with E-state index in [0.717, 1.165) is 13.1 Å². The standard InChI is InChI=1S/C12H14Cl2IN3O/c13-9-4-3-8(12(14)17-9)16-11(19)7-10(15)18-5-1-2-6-18/h3-4,10H,1-2,5-7H2,(H,16,19). The summed E-state index contributed by atoms with van der Waals surface area (Å²) in [6.45, 7) is 2.15. The van der Waals surface area contributed by atoms with Crippen LogP contribution in [0.1, 0.15) is 19.3 Å². The largest absolute Gasteiger partial charge is 0.323 e. The number of pyridine rings is 1. The van der Waals surface area contributed by atoms with Crippen molar-refractivity contribution in [3.63, 3.8) is 0 Å². The van der Waals surface area contributed by atoms with Gasteiger partial charge in [-0.1, -0.05) is 45.8 Å². The van der Waals surface area contributed by atoms with Crippen LogP contribution in [0.5, 0.6) is 0 Å². The van der Waals surface area contributed by atoms with Gasteiger partial charge in [0.15, 0.2) is 5.15 Å². The van der Waals surface area contributed by atoms with E-state index >= 15 is 0 Å². The van der Waals surface area contributed by atoms with E-state index in [0.29, 0.717) is 17.3 Å². The van der Waals surface area contributed by atoms with Crippen LogP contribution in [-0.4, -0.2) is 32.9 Å². The number of alkyl halides is 1. The molecule has 2 heterocycles. The molecule has 104 valence electrons. The van der Waals surface area contributed by atoms with Crippen molar-refractivity contribution >= 4 is 57.4 Å². The molecule has 4 nitrogen and oxygen atoms in total. The van der Waals surface area contributed by atoms with Crippen molar-refractivity contribution in [1.82, 2.24) is 9.88 Å². The van der Waals surface area contributed by atoms with Crippen LogP contribution in [0.4, 0.5) is 5.69 Å². The van der Waals surface area contributed by atoms with Gasteiger partial charge in [0.2, 0.25) is 5.91 Å². The van der Waals surface area contributed by atoms with Crippen LogP contribution in [0.25, 0.3) is 0 Å². The summed E-state index contributed by atoms with van der Waals surface area (Å²) < 4.78 is 0.221. The number of hydrogen-bond acceptors (Lipinski definition) is 3. The number of anilines is 1. The highest BCUT2D eigenvalue weighted by atomic mass is 127. The van der Waals surface area contributed by atoms with Crippen LogP contribution in [0.2, 0.25) is 10.3 Å². The van der Waals surface area contributed by atoms with E-state index < -0.39 is 0 Å². The van der Waals surface area contributed by atoms with E-state index in [9.17, 15) is 4.79 Å². The van der Waals surface area contributed by atoms with Gasteiger partial charge in [0.25, 0.3) is 0 Å². The minimum atomic E-state index is -0.0580. The highest BCUT2D eigenvalue weighted by molar-refractivity contribution is 14.1. The second kappa shape index (κ2) is 7.06. The third-order valence-corrected chi connectivity index (χ3v) is 4.71. The summed E-state index contributed by atoms with van der Waals surface area (Å²) in [5.41, 5.74) is 0.501. The Kier molecular flexibility index (Phi) is 5.68. The molecular weight excluding hydrogens is 400 g/mol. The molecule has 1 N–H and O–H groups in total. The van der Waals surface area contributed by atoms with Crippen LogP contribution in [0.15, 0.2) is 12.1 Å². The van der Waals surface area contributed by atoms with Crippen molar-refractivity contribution in [3.05, 3.63) is 22.4 Å². The van der Waals surface area contributed by atoms with Crippen LogP contribution >= 0.6 is 45.8 Å². The van der Waals surface area contributed by atoms with Crippen molar-refractivity contribution in [3.8, 4) is 0 Å². The number of aromatic nitrogens is 1. The molecule has 0 saturated carbocycles. The lowest BCUT2D eigenvalue weighted by molar-refractivity contribution is -0.116. The number of hydrogen-bond donors (Lipinski definition) is 1. The molecule has 2 rings (SSSR count). The summed E-state index contributed by atoms with van der Waals surface area (Å²) in [4.78, 5) is 18.2. The zero-order valence-corrected chi connectivity index (χ0v) is 13.9. The van der Waals surface area contributed by atoms with Crippen molar-refractivity contribution in [2.75, 3.05) is 18.4 Å². The Bertz CT molecular complexity index is 466. The first-order valence-electron chi connectivity index (χ1n) is 6.06. The molecule has 0 aliphatic carbocycles. The van der Waals surface area contributed by atoms with E-state index in [-0.39, 0.29) is 15.1 Å². The highest BCUT2D eigenvalue weighted by Crippen LogP contribution is 2.23. The summed E-state index contributed by atoms with van der Waals surface area (Å²) in [5, 5.41) is 3.30. The maximum atomic E-state index is 12.0. The molecule has 1 amide bonds. The van der Waals surface area contributed by atoms with Gasteiger partial charge in [-0.2, -0.15) is 0 Å². The number of carbonyl (C=O) groups is 1. The van der Waals surface area contributed by atoms with E-state index in [4.69, 9.17) is 23.2 Å². The molecule has 0 spiro atoms. The van der Waals surface area contributed by atoms with Crippen LogP contribution in [0, 0.1) is 0 Å². The number of amides is 1. The zero-order chi connectivity index (χ0) is 13.8. The molecule has 1 aliphatic rings.